The van der Waals surface area contributed by atoms with Gasteiger partial charge in [0.15, 0.2) is 14.6 Å². The van der Waals surface area contributed by atoms with Crippen LogP contribution in [0.2, 0.25) is 0 Å². The van der Waals surface area contributed by atoms with Crippen LogP contribution >= 0.6 is 0 Å². The Kier molecular flexibility index (Phi) is 6.41. The van der Waals surface area contributed by atoms with Gasteiger partial charge in [-0.25, -0.2) is 13.9 Å². The van der Waals surface area contributed by atoms with Crippen molar-refractivity contribution in [1.29, 1.82) is 0 Å². The number of nitrogens with one attached hydrogen (secondary N) is 1. The van der Waals surface area contributed by atoms with Crippen molar-refractivity contribution in [1.82, 2.24) is 25.0 Å². The molecular formula is C23H23N5O6S. The molecule has 35 heavy (non-hydrogen) atoms. The van der Waals surface area contributed by atoms with Crippen LogP contribution in [0.4, 0.5) is 0 Å². The Labute approximate surface area is 200 Å². The highest BCUT2D eigenvalue weighted by Gasteiger charge is 2.52. The molecule has 0 saturated heterocycles. The lowest BCUT2D eigenvalue weighted by Crippen LogP contribution is -2.59. The Morgan fingerprint density at radius 3 is 2.40 bits per heavy atom. The molecule has 0 fully saturated rings. The fourth-order valence-corrected chi connectivity index (χ4v) is 4.92. The van der Waals surface area contributed by atoms with Gasteiger partial charge in [-0.15, -0.1) is 0 Å². The minimum absolute atomic E-state index is 0.0883. The summed E-state index contributed by atoms with van der Waals surface area (Å²) < 4.78 is 29.5. The largest absolute Gasteiger partial charge is 0.460 e. The van der Waals surface area contributed by atoms with Crippen LogP contribution in [0.3, 0.4) is 0 Å². The van der Waals surface area contributed by atoms with Crippen LogP contribution in [0.25, 0.3) is 27.7 Å². The normalized spacial score (nSPS) is 14.3. The molecule has 2 aromatic heterocycles. The number of aromatic nitrogens is 4. The van der Waals surface area contributed by atoms with Gasteiger partial charge in [0.2, 0.25) is 0 Å². The number of benzene rings is 2. The highest BCUT2D eigenvalue weighted by atomic mass is 32.2. The maximum absolute atomic E-state index is 12.5. The summed E-state index contributed by atoms with van der Waals surface area (Å²) in [4.78, 5) is 25.0. The van der Waals surface area contributed by atoms with E-state index in [0.717, 1.165) is 40.9 Å². The predicted molar refractivity (Wildman–Crippen MR) is 126 cm³/mol. The molecule has 0 radical (unpaired) electrons. The Morgan fingerprint density at radius 1 is 1.14 bits per heavy atom. The fourth-order valence-electron chi connectivity index (χ4n) is 3.93. The predicted octanol–water partition coefficient (Wildman–Crippen LogP) is 1.74. The second-order valence-electron chi connectivity index (χ2n) is 8.15. The van der Waals surface area contributed by atoms with Gasteiger partial charge in [0.25, 0.3) is 12.4 Å². The molecule has 11 nitrogen and oxygen atoms in total. The molecule has 2 unspecified atom stereocenters. The quantitative estimate of drug-likeness (QED) is 0.202. The Bertz CT molecular complexity index is 1460. The van der Waals surface area contributed by atoms with Crippen molar-refractivity contribution in [2.45, 2.75) is 24.3 Å². The molecule has 0 aliphatic rings. The Balaban J connectivity index is 1.65. The smallest absolute Gasteiger partial charge is 0.293 e. The third-order valence-electron chi connectivity index (χ3n) is 6.14. The lowest BCUT2D eigenvalue weighted by Gasteiger charge is -2.32. The van der Waals surface area contributed by atoms with Gasteiger partial charge in [-0.05, 0) is 48.4 Å². The van der Waals surface area contributed by atoms with Crippen LogP contribution in [0, 0.1) is 0 Å². The average molecular weight is 498 g/mol. The number of nitrogens with zero attached hydrogens (tertiary/aromatic N) is 4. The first-order valence-corrected chi connectivity index (χ1v) is 12.4. The maximum Gasteiger partial charge on any atom is 0.293 e. The van der Waals surface area contributed by atoms with Crippen molar-refractivity contribution in [2.75, 3.05) is 6.26 Å². The summed E-state index contributed by atoms with van der Waals surface area (Å²) in [5.74, 6) is -1.20. The van der Waals surface area contributed by atoms with Gasteiger partial charge in [-0.2, -0.15) is 15.0 Å². The molecule has 2 N–H and O–H groups in total. The highest BCUT2D eigenvalue weighted by molar-refractivity contribution is 7.92. The van der Waals surface area contributed by atoms with E-state index in [-0.39, 0.29) is 13.0 Å². The Morgan fingerprint density at radius 2 is 1.80 bits per heavy atom. The number of hydrogen-bond donors (Lipinski definition) is 2. The minimum Gasteiger partial charge on any atom is -0.460 e. The summed E-state index contributed by atoms with van der Waals surface area (Å²) in [5.41, 5.74) is 4.87. The van der Waals surface area contributed by atoms with Gasteiger partial charge in [0.1, 0.15) is 6.10 Å². The number of amides is 1. The summed E-state index contributed by atoms with van der Waals surface area (Å²) in [6.45, 7) is 1.06. The van der Waals surface area contributed by atoms with Crippen molar-refractivity contribution in [3.63, 3.8) is 0 Å². The van der Waals surface area contributed by atoms with E-state index < -0.39 is 26.6 Å². The number of hydroxylamine groups is 1. The topological polar surface area (TPSA) is 145 Å². The molecule has 1 amide bonds. The summed E-state index contributed by atoms with van der Waals surface area (Å²) >= 11 is 0. The van der Waals surface area contributed by atoms with Crippen molar-refractivity contribution in [3.05, 3.63) is 67.1 Å². The average Bonchev–Trinajstić information content (AvgIpc) is 3.52. The molecule has 4 rings (SSSR count). The monoisotopic (exact) mass is 497 g/mol. The van der Waals surface area contributed by atoms with Crippen molar-refractivity contribution < 1.29 is 28.0 Å². The molecule has 0 aliphatic carbocycles. The van der Waals surface area contributed by atoms with Crippen molar-refractivity contribution in [2.24, 2.45) is 0 Å². The van der Waals surface area contributed by atoms with E-state index in [1.165, 1.54) is 10.3 Å². The zero-order valence-electron chi connectivity index (χ0n) is 18.9. The van der Waals surface area contributed by atoms with Gasteiger partial charge >= 0.3 is 0 Å². The number of hydrogen-bond acceptors (Lipinski definition) is 8. The SMILES string of the molecule is CC(C(=O)NO)(C(Cn1ccc2cc(-c3ccc(-n4nccn4)cc3)ccc21)OC=O)S(C)(=O)=O. The maximum atomic E-state index is 12.5. The standard InChI is InChI=1S/C23H23N5O6S/c1-23(22(30)26-31,35(2,32)33)21(34-15-29)14-27-12-9-18-13-17(5-8-20(18)27)16-3-6-19(7-4-16)28-24-10-11-25-28/h3-13,15,21,31H,14H2,1-2H3,(H,26,30). The number of rotatable bonds is 9. The third kappa shape index (κ3) is 4.40. The van der Waals surface area contributed by atoms with Gasteiger partial charge in [0, 0.05) is 23.4 Å². The molecule has 2 heterocycles. The fraction of sp³-hybridized carbons (Fsp3) is 0.217. The number of fused-ring (bicyclic) bond motifs is 1. The molecule has 0 aliphatic heterocycles. The summed E-state index contributed by atoms with van der Waals surface area (Å²) in [5, 5.41) is 18.2. The van der Waals surface area contributed by atoms with Crippen LogP contribution < -0.4 is 5.48 Å². The van der Waals surface area contributed by atoms with E-state index >= 15 is 0 Å². The number of ether oxygens (including phenoxy) is 1. The number of carbonyl (C=O) groups is 2. The van der Waals surface area contributed by atoms with E-state index in [1.807, 2.05) is 48.5 Å². The third-order valence-corrected chi connectivity index (χ3v) is 8.13. The zero-order valence-corrected chi connectivity index (χ0v) is 19.7. The molecule has 0 saturated carbocycles. The van der Waals surface area contributed by atoms with E-state index in [1.54, 1.807) is 23.2 Å². The molecular weight excluding hydrogens is 474 g/mol. The second-order valence-corrected chi connectivity index (χ2v) is 10.5. The molecule has 2 atom stereocenters. The Hall–Kier alpha value is -4.03. The first kappa shape index (κ1) is 24.1. The van der Waals surface area contributed by atoms with Crippen LogP contribution in [0.5, 0.6) is 0 Å². The van der Waals surface area contributed by atoms with Gasteiger partial charge < -0.3 is 9.30 Å². The van der Waals surface area contributed by atoms with E-state index in [2.05, 4.69) is 10.2 Å². The van der Waals surface area contributed by atoms with Gasteiger partial charge in [-0.3, -0.25) is 14.8 Å². The number of sulfone groups is 1. The minimum atomic E-state index is -4.10. The highest BCUT2D eigenvalue weighted by Crippen LogP contribution is 2.29. The molecule has 182 valence electrons. The van der Waals surface area contributed by atoms with Crippen LogP contribution in [0.1, 0.15) is 6.92 Å². The van der Waals surface area contributed by atoms with E-state index in [9.17, 15) is 18.0 Å². The van der Waals surface area contributed by atoms with Crippen molar-refractivity contribution >= 4 is 33.1 Å². The van der Waals surface area contributed by atoms with E-state index in [4.69, 9.17) is 9.94 Å². The second kappa shape index (κ2) is 9.31. The van der Waals surface area contributed by atoms with Gasteiger partial charge in [-0.1, -0.05) is 18.2 Å². The zero-order chi connectivity index (χ0) is 25.2. The molecule has 2 aromatic carbocycles. The van der Waals surface area contributed by atoms with Crippen LogP contribution in [-0.2, 0) is 30.7 Å². The van der Waals surface area contributed by atoms with Crippen LogP contribution in [-0.4, -0.2) is 62.7 Å². The summed E-state index contributed by atoms with van der Waals surface area (Å²) in [6, 6.07) is 15.3. The molecule has 12 heteroatoms. The first-order chi connectivity index (χ1) is 16.7. The molecule has 0 spiro atoms. The van der Waals surface area contributed by atoms with E-state index in [0.29, 0.717) is 0 Å². The number of carbonyl (C=O) groups excluding carboxylic acids is 2. The molecule has 0 bridgehead atoms. The first-order valence-electron chi connectivity index (χ1n) is 10.5. The lowest BCUT2D eigenvalue weighted by molar-refractivity contribution is -0.143. The summed E-state index contributed by atoms with van der Waals surface area (Å²) in [6.07, 6.45) is 4.36. The lowest BCUT2D eigenvalue weighted by atomic mass is 10.0. The molecule has 4 aromatic rings. The van der Waals surface area contributed by atoms with Crippen molar-refractivity contribution in [3.8, 4) is 16.8 Å². The van der Waals surface area contributed by atoms with Gasteiger partial charge in [0.05, 0.1) is 24.6 Å². The van der Waals surface area contributed by atoms with Crippen LogP contribution in [0.15, 0.2) is 67.1 Å². The summed E-state index contributed by atoms with van der Waals surface area (Å²) in [7, 11) is -4.10.